The first-order chi connectivity index (χ1) is 10.1. The van der Waals surface area contributed by atoms with Crippen LogP contribution in [-0.2, 0) is 15.3 Å². The van der Waals surface area contributed by atoms with Gasteiger partial charge in [0, 0.05) is 10.0 Å². The van der Waals surface area contributed by atoms with Gasteiger partial charge in [0.05, 0.1) is 17.5 Å². The van der Waals surface area contributed by atoms with Gasteiger partial charge in [-0.05, 0) is 17.5 Å². The summed E-state index contributed by atoms with van der Waals surface area (Å²) < 4.78 is 6.50. The fourth-order valence-electron chi connectivity index (χ4n) is 2.41. The lowest BCUT2D eigenvalue weighted by molar-refractivity contribution is -0.327. The molecular weight excluding hydrogens is 358 g/mol. The van der Waals surface area contributed by atoms with E-state index >= 15 is 0 Å². The quantitative estimate of drug-likeness (QED) is 0.635. The van der Waals surface area contributed by atoms with Gasteiger partial charge >= 0.3 is 0 Å². The molecule has 1 aliphatic rings. The fraction of sp³-hybridized carbons (Fsp3) is 0.357. The largest absolute Gasteiger partial charge is 0.368 e. The van der Waals surface area contributed by atoms with Crippen LogP contribution in [0.4, 0.5) is 0 Å². The number of aliphatic hydroxyl groups is 2. The minimum absolute atomic E-state index is 0.145. The first kappa shape index (κ1) is 14.9. The van der Waals surface area contributed by atoms with Crippen LogP contribution in [-0.4, -0.2) is 45.7 Å². The molecular formula is C14H14BrNO4S. The van der Waals surface area contributed by atoms with Gasteiger partial charge in [0.15, 0.2) is 6.23 Å². The van der Waals surface area contributed by atoms with E-state index in [2.05, 4.69) is 15.9 Å². The maximum absolute atomic E-state index is 11.2. The Kier molecular flexibility index (Phi) is 4.02. The summed E-state index contributed by atoms with van der Waals surface area (Å²) in [5, 5.41) is 22.5. The molecule has 1 aliphatic heterocycles. The number of ether oxygens (including phenoxy) is 1. The van der Waals surface area contributed by atoms with Crippen molar-refractivity contribution in [2.45, 2.75) is 18.1 Å². The number of aliphatic hydroxyl groups excluding tert-OH is 1. The number of amides is 1. The lowest BCUT2D eigenvalue weighted by Gasteiger charge is -2.45. The first-order valence-electron chi connectivity index (χ1n) is 6.42. The molecule has 1 saturated heterocycles. The second-order valence-electron chi connectivity index (χ2n) is 4.89. The zero-order valence-electron chi connectivity index (χ0n) is 11.0. The Morgan fingerprint density at radius 1 is 1.52 bits per heavy atom. The van der Waals surface area contributed by atoms with Gasteiger partial charge < -0.3 is 19.8 Å². The lowest BCUT2D eigenvalue weighted by Crippen LogP contribution is -2.61. The number of fused-ring (bicyclic) bond motifs is 1. The zero-order valence-corrected chi connectivity index (χ0v) is 13.4. The molecule has 0 saturated carbocycles. The number of nitrogens with zero attached hydrogens (tertiary/aromatic N) is 1. The first-order valence-corrected chi connectivity index (χ1v) is 8.36. The summed E-state index contributed by atoms with van der Waals surface area (Å²) in [6.45, 7) is 0.145. The summed E-state index contributed by atoms with van der Waals surface area (Å²) >= 11 is 4.61. The maximum Gasteiger partial charge on any atom is 0.248 e. The molecule has 0 bridgehead atoms. The third-order valence-electron chi connectivity index (χ3n) is 3.63. The van der Waals surface area contributed by atoms with E-state index in [1.54, 1.807) is 6.07 Å². The SMILES string of the molecule is O=CN1C(CBr)COC(O)(c2cc3ccccc3s2)C1O. The van der Waals surface area contributed by atoms with Gasteiger partial charge in [0.2, 0.25) is 12.2 Å². The van der Waals surface area contributed by atoms with E-state index in [1.165, 1.54) is 16.2 Å². The molecule has 0 spiro atoms. The number of alkyl halides is 1. The summed E-state index contributed by atoms with van der Waals surface area (Å²) in [5.41, 5.74) is 0. The second-order valence-corrected chi connectivity index (χ2v) is 6.62. The number of halogens is 1. The number of rotatable bonds is 3. The van der Waals surface area contributed by atoms with Crippen LogP contribution in [0.1, 0.15) is 4.88 Å². The Balaban J connectivity index is 2.01. The molecule has 21 heavy (non-hydrogen) atoms. The van der Waals surface area contributed by atoms with Gasteiger partial charge in [-0.25, -0.2) is 0 Å². The molecule has 2 N–H and O–H groups in total. The standard InChI is InChI=1S/C14H14BrNO4S/c15-6-10-7-20-14(19,13(18)16(10)8-17)12-5-9-3-1-2-4-11(9)21-12/h1-5,8,10,13,18-19H,6-7H2. The number of thiophene rings is 1. The van der Waals surface area contributed by atoms with E-state index in [1.807, 2.05) is 24.3 Å². The maximum atomic E-state index is 11.2. The van der Waals surface area contributed by atoms with Crippen molar-refractivity contribution in [2.75, 3.05) is 11.9 Å². The molecule has 2 heterocycles. The van der Waals surface area contributed by atoms with Crippen LogP contribution < -0.4 is 0 Å². The van der Waals surface area contributed by atoms with Crippen LogP contribution in [0.5, 0.6) is 0 Å². The average Bonchev–Trinajstić information content (AvgIpc) is 2.94. The van der Waals surface area contributed by atoms with Crippen LogP contribution in [0.3, 0.4) is 0 Å². The molecule has 3 rings (SSSR count). The molecule has 1 aromatic heterocycles. The highest BCUT2D eigenvalue weighted by molar-refractivity contribution is 9.09. The second kappa shape index (κ2) is 5.66. The number of hydrogen-bond donors (Lipinski definition) is 2. The molecule has 0 radical (unpaired) electrons. The summed E-state index contributed by atoms with van der Waals surface area (Å²) in [6.07, 6.45) is -0.906. The van der Waals surface area contributed by atoms with E-state index in [0.29, 0.717) is 16.6 Å². The van der Waals surface area contributed by atoms with E-state index in [9.17, 15) is 15.0 Å². The third-order valence-corrected chi connectivity index (χ3v) is 5.60. The van der Waals surface area contributed by atoms with Crippen molar-refractivity contribution < 1.29 is 19.7 Å². The fourth-order valence-corrected chi connectivity index (χ4v) is 4.06. The van der Waals surface area contributed by atoms with Crippen molar-refractivity contribution in [3.8, 4) is 0 Å². The molecule has 3 unspecified atom stereocenters. The molecule has 112 valence electrons. The topological polar surface area (TPSA) is 70.0 Å². The molecule has 5 nitrogen and oxygen atoms in total. The molecule has 1 fully saturated rings. The smallest absolute Gasteiger partial charge is 0.248 e. The number of hydrogen-bond acceptors (Lipinski definition) is 5. The Hall–Kier alpha value is -0.990. The molecule has 1 amide bonds. The van der Waals surface area contributed by atoms with Crippen molar-refractivity contribution in [1.82, 2.24) is 4.90 Å². The third kappa shape index (κ3) is 2.39. The monoisotopic (exact) mass is 371 g/mol. The lowest BCUT2D eigenvalue weighted by atomic mass is 10.1. The van der Waals surface area contributed by atoms with Crippen molar-refractivity contribution >= 4 is 43.8 Å². The highest BCUT2D eigenvalue weighted by Gasteiger charge is 2.49. The van der Waals surface area contributed by atoms with Gasteiger partial charge in [-0.2, -0.15) is 0 Å². The molecule has 1 aromatic carbocycles. The number of benzene rings is 1. The number of carbonyl (C=O) groups is 1. The van der Waals surface area contributed by atoms with Crippen LogP contribution in [0.25, 0.3) is 10.1 Å². The Labute approximate surface area is 133 Å². The van der Waals surface area contributed by atoms with E-state index in [0.717, 1.165) is 10.1 Å². The van der Waals surface area contributed by atoms with Gasteiger partial charge in [-0.15, -0.1) is 11.3 Å². The summed E-state index contributed by atoms with van der Waals surface area (Å²) in [6, 6.07) is 9.13. The van der Waals surface area contributed by atoms with Crippen molar-refractivity contribution in [1.29, 1.82) is 0 Å². The van der Waals surface area contributed by atoms with Crippen LogP contribution in [0.2, 0.25) is 0 Å². The minimum atomic E-state index is -1.90. The van der Waals surface area contributed by atoms with Crippen molar-refractivity contribution in [2.24, 2.45) is 0 Å². The summed E-state index contributed by atoms with van der Waals surface area (Å²) in [5.74, 6) is -1.90. The van der Waals surface area contributed by atoms with Crippen molar-refractivity contribution in [3.63, 3.8) is 0 Å². The number of morpholine rings is 1. The number of carbonyl (C=O) groups excluding carboxylic acids is 1. The Morgan fingerprint density at radius 2 is 2.29 bits per heavy atom. The molecule has 3 atom stereocenters. The van der Waals surface area contributed by atoms with E-state index in [-0.39, 0.29) is 12.6 Å². The molecule has 7 heteroatoms. The predicted octanol–water partition coefficient (Wildman–Crippen LogP) is 1.62. The van der Waals surface area contributed by atoms with Gasteiger partial charge in [0.25, 0.3) is 0 Å². The summed E-state index contributed by atoms with van der Waals surface area (Å²) in [4.78, 5) is 12.9. The van der Waals surface area contributed by atoms with Crippen LogP contribution >= 0.6 is 27.3 Å². The van der Waals surface area contributed by atoms with Crippen molar-refractivity contribution in [3.05, 3.63) is 35.2 Å². The minimum Gasteiger partial charge on any atom is -0.368 e. The van der Waals surface area contributed by atoms with E-state index < -0.39 is 12.0 Å². The van der Waals surface area contributed by atoms with Gasteiger partial charge in [0.1, 0.15) is 0 Å². The highest BCUT2D eigenvalue weighted by Crippen LogP contribution is 2.39. The van der Waals surface area contributed by atoms with Crippen LogP contribution in [0.15, 0.2) is 30.3 Å². The zero-order chi connectivity index (χ0) is 15.0. The normalized spacial score (nSPS) is 29.8. The van der Waals surface area contributed by atoms with Gasteiger partial charge in [-0.3, -0.25) is 4.79 Å². The Morgan fingerprint density at radius 3 is 2.95 bits per heavy atom. The predicted molar refractivity (Wildman–Crippen MR) is 83.2 cm³/mol. The van der Waals surface area contributed by atoms with Crippen LogP contribution in [0, 0.1) is 0 Å². The van der Waals surface area contributed by atoms with E-state index in [4.69, 9.17) is 4.74 Å². The Bertz CT molecular complexity index is 630. The van der Waals surface area contributed by atoms with Gasteiger partial charge in [-0.1, -0.05) is 34.1 Å². The molecule has 0 aliphatic carbocycles. The molecule has 2 aromatic rings. The summed E-state index contributed by atoms with van der Waals surface area (Å²) in [7, 11) is 0. The average molecular weight is 372 g/mol. The highest BCUT2D eigenvalue weighted by atomic mass is 79.9.